The highest BCUT2D eigenvalue weighted by Gasteiger charge is 2.32. The van der Waals surface area contributed by atoms with Crippen molar-refractivity contribution in [3.8, 4) is 0 Å². The number of fused-ring (bicyclic) bond motifs is 4. The lowest BCUT2D eigenvalue weighted by Gasteiger charge is -2.17. The van der Waals surface area contributed by atoms with Crippen LogP contribution in [0.1, 0.15) is 50.4 Å². The Morgan fingerprint density at radius 3 is 2.11 bits per heavy atom. The molecule has 5 nitrogen and oxygen atoms in total. The van der Waals surface area contributed by atoms with Gasteiger partial charge in [-0.2, -0.15) is 0 Å². The molecule has 5 heteroatoms. The van der Waals surface area contributed by atoms with Gasteiger partial charge in [-0.25, -0.2) is 4.68 Å². The van der Waals surface area contributed by atoms with Gasteiger partial charge in [-0.05, 0) is 24.6 Å². The van der Waals surface area contributed by atoms with E-state index < -0.39 is 0 Å². The van der Waals surface area contributed by atoms with Crippen LogP contribution in [-0.2, 0) is 0 Å². The first kappa shape index (κ1) is 16.4. The second-order valence-electron chi connectivity index (χ2n) is 6.99. The number of H-pyrrole nitrogens is 1. The third-order valence-electron chi connectivity index (χ3n) is 5.44. The number of aromatic nitrogens is 2. The number of carbonyl (C=O) groups is 2. The maximum absolute atomic E-state index is 13.1. The van der Waals surface area contributed by atoms with E-state index >= 15 is 0 Å². The Balaban J connectivity index is 1.76. The van der Waals surface area contributed by atoms with Crippen LogP contribution in [0.5, 0.6) is 0 Å². The van der Waals surface area contributed by atoms with Crippen LogP contribution in [-0.4, -0.2) is 21.3 Å². The maximum Gasteiger partial charge on any atom is 0.274 e. The van der Waals surface area contributed by atoms with Crippen molar-refractivity contribution in [1.29, 1.82) is 0 Å². The van der Waals surface area contributed by atoms with E-state index in [1.54, 1.807) is 36.4 Å². The fourth-order valence-electron chi connectivity index (χ4n) is 3.94. The number of aromatic amines is 1. The highest BCUT2D eigenvalue weighted by molar-refractivity contribution is 6.31. The van der Waals surface area contributed by atoms with Gasteiger partial charge in [0, 0.05) is 16.7 Å². The van der Waals surface area contributed by atoms with E-state index in [-0.39, 0.29) is 28.7 Å². The summed E-state index contributed by atoms with van der Waals surface area (Å²) in [5.74, 6) is -0.437. The number of ketones is 2. The first-order valence-electron chi connectivity index (χ1n) is 9.08. The van der Waals surface area contributed by atoms with Gasteiger partial charge in [-0.15, -0.1) is 0 Å². The van der Waals surface area contributed by atoms with Crippen LogP contribution in [0, 0.1) is 0 Å². The second kappa shape index (κ2) is 5.89. The van der Waals surface area contributed by atoms with Crippen LogP contribution in [0.3, 0.4) is 0 Å². The van der Waals surface area contributed by atoms with Crippen molar-refractivity contribution in [2.75, 3.05) is 0 Å². The van der Waals surface area contributed by atoms with E-state index in [0.717, 1.165) is 5.56 Å². The normalized spacial score (nSPS) is 14.0. The molecule has 0 radical (unpaired) electrons. The molecule has 4 aromatic rings. The van der Waals surface area contributed by atoms with E-state index in [1.165, 1.54) is 4.68 Å². The van der Waals surface area contributed by atoms with Crippen LogP contribution in [0.4, 0.5) is 0 Å². The molecule has 0 aliphatic heterocycles. The molecular formula is C23H16N2O3. The number of benzene rings is 3. The molecule has 1 aliphatic rings. The molecule has 0 amide bonds. The Morgan fingerprint density at radius 2 is 1.39 bits per heavy atom. The lowest BCUT2D eigenvalue weighted by Crippen LogP contribution is -2.21. The number of hydrogen-bond donors (Lipinski definition) is 1. The van der Waals surface area contributed by atoms with Gasteiger partial charge < -0.3 is 0 Å². The Bertz CT molecular complexity index is 1330. The molecule has 0 saturated carbocycles. The van der Waals surface area contributed by atoms with Gasteiger partial charge in [0.15, 0.2) is 11.6 Å². The summed E-state index contributed by atoms with van der Waals surface area (Å²) in [6, 6.07) is 19.4. The van der Waals surface area contributed by atoms with Gasteiger partial charge in [0.05, 0.1) is 22.5 Å². The first-order valence-corrected chi connectivity index (χ1v) is 9.08. The van der Waals surface area contributed by atoms with Gasteiger partial charge in [0.25, 0.3) is 5.56 Å². The fraction of sp³-hybridized carbons (Fsp3) is 0.0870. The highest BCUT2D eigenvalue weighted by atomic mass is 16.1. The van der Waals surface area contributed by atoms with Gasteiger partial charge >= 0.3 is 0 Å². The predicted molar refractivity (Wildman–Crippen MR) is 106 cm³/mol. The number of nitrogens with zero attached hydrogens (tertiary/aromatic N) is 1. The third kappa shape index (κ3) is 2.16. The predicted octanol–water partition coefficient (Wildman–Crippen LogP) is 3.71. The Kier molecular flexibility index (Phi) is 3.46. The summed E-state index contributed by atoms with van der Waals surface area (Å²) in [5, 5.41) is 3.51. The maximum atomic E-state index is 13.1. The second-order valence-corrected chi connectivity index (χ2v) is 6.99. The van der Waals surface area contributed by atoms with E-state index in [9.17, 15) is 14.4 Å². The van der Waals surface area contributed by atoms with E-state index in [4.69, 9.17) is 0 Å². The number of rotatable bonds is 2. The van der Waals surface area contributed by atoms with Gasteiger partial charge in [-0.1, -0.05) is 54.6 Å². The molecule has 3 aromatic carbocycles. The van der Waals surface area contributed by atoms with E-state index in [2.05, 4.69) is 5.10 Å². The van der Waals surface area contributed by atoms with Crippen molar-refractivity contribution in [3.63, 3.8) is 0 Å². The average molecular weight is 368 g/mol. The fourth-order valence-corrected chi connectivity index (χ4v) is 3.94. The minimum absolute atomic E-state index is 0.197. The van der Waals surface area contributed by atoms with E-state index in [1.807, 2.05) is 37.3 Å². The molecule has 0 unspecified atom stereocenters. The average Bonchev–Trinajstić information content (AvgIpc) is 3.08. The van der Waals surface area contributed by atoms with Crippen molar-refractivity contribution < 1.29 is 9.59 Å². The summed E-state index contributed by atoms with van der Waals surface area (Å²) < 4.78 is 1.51. The van der Waals surface area contributed by atoms with Crippen LogP contribution in [0.2, 0.25) is 0 Å². The molecule has 28 heavy (non-hydrogen) atoms. The summed E-state index contributed by atoms with van der Waals surface area (Å²) in [7, 11) is 0. The van der Waals surface area contributed by atoms with Gasteiger partial charge in [0.1, 0.15) is 0 Å². The number of nitrogens with one attached hydrogen (secondary N) is 1. The summed E-state index contributed by atoms with van der Waals surface area (Å²) >= 11 is 0. The smallest absolute Gasteiger partial charge is 0.274 e. The standard InChI is InChI=1S/C23H16N2O3/c1-13(14-7-3-2-4-8-14)25-23(28)18-12-11-17-19(20(18)24-25)22(27)16-10-6-5-9-15(16)21(17)26/h2-13,24H,1H3/t13-/m1/s1. The Morgan fingerprint density at radius 1 is 0.750 bits per heavy atom. The van der Waals surface area contributed by atoms with Crippen LogP contribution < -0.4 is 5.56 Å². The number of hydrogen-bond acceptors (Lipinski definition) is 3. The third-order valence-corrected chi connectivity index (χ3v) is 5.44. The molecule has 136 valence electrons. The minimum atomic E-state index is -0.239. The van der Waals surface area contributed by atoms with Crippen LogP contribution >= 0.6 is 0 Å². The van der Waals surface area contributed by atoms with Crippen molar-refractivity contribution >= 4 is 22.5 Å². The lowest BCUT2D eigenvalue weighted by atomic mass is 9.83. The monoisotopic (exact) mass is 368 g/mol. The Hall–Kier alpha value is -3.73. The van der Waals surface area contributed by atoms with E-state index in [0.29, 0.717) is 27.6 Å². The summed E-state index contributed by atoms with van der Waals surface area (Å²) in [5.41, 5.74) is 2.55. The summed E-state index contributed by atoms with van der Waals surface area (Å²) in [4.78, 5) is 39.0. The molecule has 0 saturated heterocycles. The minimum Gasteiger partial charge on any atom is -0.294 e. The molecule has 0 fully saturated rings. The molecule has 1 aromatic heterocycles. The molecule has 5 rings (SSSR count). The van der Waals surface area contributed by atoms with Crippen molar-refractivity contribution in [3.05, 3.63) is 105 Å². The quantitative estimate of drug-likeness (QED) is 0.516. The topological polar surface area (TPSA) is 71.9 Å². The van der Waals surface area contributed by atoms with Crippen LogP contribution in [0.25, 0.3) is 10.9 Å². The SMILES string of the molecule is C[C@H](c1ccccc1)n1[nH]c2c3c(ccc2c1=O)C(=O)c1ccccc1C3=O. The molecule has 1 atom stereocenters. The highest BCUT2D eigenvalue weighted by Crippen LogP contribution is 2.31. The zero-order chi connectivity index (χ0) is 19.4. The zero-order valence-corrected chi connectivity index (χ0v) is 15.1. The molecule has 0 spiro atoms. The number of carbonyl (C=O) groups excluding carboxylic acids is 2. The summed E-state index contributed by atoms with van der Waals surface area (Å²) in [6.07, 6.45) is 0. The molecular weight excluding hydrogens is 352 g/mol. The molecule has 0 bridgehead atoms. The van der Waals surface area contributed by atoms with Crippen molar-refractivity contribution in [2.24, 2.45) is 0 Å². The molecule has 1 N–H and O–H groups in total. The summed E-state index contributed by atoms with van der Waals surface area (Å²) in [6.45, 7) is 1.92. The molecule has 1 aliphatic carbocycles. The van der Waals surface area contributed by atoms with Crippen LogP contribution in [0.15, 0.2) is 71.5 Å². The zero-order valence-electron chi connectivity index (χ0n) is 15.1. The first-order chi connectivity index (χ1) is 13.6. The van der Waals surface area contributed by atoms with Gasteiger partial charge in [-0.3, -0.25) is 19.5 Å². The van der Waals surface area contributed by atoms with Crippen molar-refractivity contribution in [2.45, 2.75) is 13.0 Å². The van der Waals surface area contributed by atoms with Gasteiger partial charge in [0.2, 0.25) is 0 Å². The Labute approximate surface area is 160 Å². The lowest BCUT2D eigenvalue weighted by molar-refractivity contribution is 0.0980. The molecule has 1 heterocycles. The van der Waals surface area contributed by atoms with Crippen molar-refractivity contribution in [1.82, 2.24) is 9.78 Å². The largest absolute Gasteiger partial charge is 0.294 e.